The highest BCUT2D eigenvalue weighted by atomic mass is 16.1. The fourth-order valence-electron chi connectivity index (χ4n) is 3.23. The smallest absolute Gasteiger partial charge is 0.221 e. The zero-order chi connectivity index (χ0) is 13.7. The summed E-state index contributed by atoms with van der Waals surface area (Å²) in [5.41, 5.74) is -0.612. The highest BCUT2D eigenvalue weighted by Gasteiger charge is 2.35. The third kappa shape index (κ3) is 3.94. The normalized spacial score (nSPS) is 24.0. The van der Waals surface area contributed by atoms with E-state index in [9.17, 15) is 10.1 Å². The summed E-state index contributed by atoms with van der Waals surface area (Å²) in [4.78, 5) is 14.2. The van der Waals surface area contributed by atoms with Crippen LogP contribution in [0.3, 0.4) is 0 Å². The Bertz CT molecular complexity index is 347. The SMILES string of the molecule is CN1CCC(C#N)(NC(=O)CCC2CCCC2)CC1. The Morgan fingerprint density at radius 2 is 2.00 bits per heavy atom. The molecule has 1 heterocycles. The number of nitrogens with zero attached hydrogens (tertiary/aromatic N) is 2. The molecule has 1 N–H and O–H groups in total. The quantitative estimate of drug-likeness (QED) is 0.844. The van der Waals surface area contributed by atoms with Crippen LogP contribution in [0.4, 0.5) is 0 Å². The molecule has 0 spiro atoms. The molecule has 1 aliphatic carbocycles. The van der Waals surface area contributed by atoms with Crippen molar-refractivity contribution in [3.8, 4) is 6.07 Å². The van der Waals surface area contributed by atoms with Crippen LogP contribution in [0.15, 0.2) is 0 Å². The number of carbonyl (C=O) groups excluding carboxylic acids is 1. The molecule has 2 aliphatic rings. The molecule has 1 amide bonds. The first kappa shape index (κ1) is 14.3. The third-order valence-corrected chi connectivity index (χ3v) is 4.69. The molecule has 0 radical (unpaired) electrons. The summed E-state index contributed by atoms with van der Waals surface area (Å²) in [7, 11) is 2.06. The van der Waals surface area contributed by atoms with E-state index in [0.29, 0.717) is 6.42 Å². The van der Waals surface area contributed by atoms with Crippen molar-refractivity contribution in [1.82, 2.24) is 10.2 Å². The Morgan fingerprint density at radius 3 is 2.58 bits per heavy atom. The van der Waals surface area contributed by atoms with E-state index in [1.165, 1.54) is 25.7 Å². The lowest BCUT2D eigenvalue weighted by Gasteiger charge is -2.36. The van der Waals surface area contributed by atoms with E-state index in [1.807, 2.05) is 0 Å². The molecule has 2 fully saturated rings. The van der Waals surface area contributed by atoms with Crippen molar-refractivity contribution in [2.24, 2.45) is 5.92 Å². The molecule has 4 heteroatoms. The van der Waals surface area contributed by atoms with Gasteiger partial charge in [-0.05, 0) is 32.2 Å². The average molecular weight is 263 g/mol. The van der Waals surface area contributed by atoms with Gasteiger partial charge in [0.2, 0.25) is 5.91 Å². The van der Waals surface area contributed by atoms with Gasteiger partial charge in [0.25, 0.3) is 0 Å². The molecular weight excluding hydrogens is 238 g/mol. The molecule has 1 aliphatic heterocycles. The first-order valence-corrected chi connectivity index (χ1v) is 7.54. The molecule has 0 bridgehead atoms. The molecule has 2 rings (SSSR count). The van der Waals surface area contributed by atoms with Crippen molar-refractivity contribution in [2.75, 3.05) is 20.1 Å². The molecule has 1 saturated carbocycles. The van der Waals surface area contributed by atoms with Crippen molar-refractivity contribution < 1.29 is 4.79 Å². The summed E-state index contributed by atoms with van der Waals surface area (Å²) in [6.45, 7) is 1.77. The number of piperidine rings is 1. The minimum atomic E-state index is -0.612. The van der Waals surface area contributed by atoms with Crippen LogP contribution in [0.1, 0.15) is 51.4 Å². The minimum absolute atomic E-state index is 0.0676. The predicted molar refractivity (Wildman–Crippen MR) is 74.4 cm³/mol. The lowest BCUT2D eigenvalue weighted by atomic mass is 9.88. The Balaban J connectivity index is 1.77. The molecule has 0 aromatic heterocycles. The van der Waals surface area contributed by atoms with Crippen LogP contribution in [-0.2, 0) is 4.79 Å². The summed E-state index contributed by atoms with van der Waals surface area (Å²) in [5, 5.41) is 12.4. The lowest BCUT2D eigenvalue weighted by molar-refractivity contribution is -0.123. The number of hydrogen-bond donors (Lipinski definition) is 1. The number of rotatable bonds is 4. The van der Waals surface area contributed by atoms with E-state index >= 15 is 0 Å². The van der Waals surface area contributed by atoms with Crippen molar-refractivity contribution in [3.05, 3.63) is 0 Å². The van der Waals surface area contributed by atoms with Gasteiger partial charge >= 0.3 is 0 Å². The maximum Gasteiger partial charge on any atom is 0.221 e. The van der Waals surface area contributed by atoms with E-state index in [4.69, 9.17) is 0 Å². The van der Waals surface area contributed by atoms with Crippen LogP contribution in [-0.4, -0.2) is 36.5 Å². The van der Waals surface area contributed by atoms with E-state index in [2.05, 4.69) is 23.3 Å². The minimum Gasteiger partial charge on any atom is -0.338 e. The molecule has 0 atom stereocenters. The van der Waals surface area contributed by atoms with Gasteiger partial charge in [0, 0.05) is 19.5 Å². The highest BCUT2D eigenvalue weighted by Crippen LogP contribution is 2.28. The van der Waals surface area contributed by atoms with Crippen LogP contribution in [0.2, 0.25) is 0 Å². The second-order valence-corrected chi connectivity index (χ2v) is 6.23. The van der Waals surface area contributed by atoms with Crippen LogP contribution in [0.25, 0.3) is 0 Å². The largest absolute Gasteiger partial charge is 0.338 e. The van der Waals surface area contributed by atoms with E-state index in [0.717, 1.165) is 38.3 Å². The average Bonchev–Trinajstić information content (AvgIpc) is 2.93. The van der Waals surface area contributed by atoms with Crippen molar-refractivity contribution >= 4 is 5.91 Å². The zero-order valence-corrected chi connectivity index (χ0v) is 12.0. The van der Waals surface area contributed by atoms with Gasteiger partial charge in [-0.25, -0.2) is 0 Å². The van der Waals surface area contributed by atoms with Crippen LogP contribution < -0.4 is 5.32 Å². The van der Waals surface area contributed by atoms with Gasteiger partial charge in [-0.1, -0.05) is 25.7 Å². The maximum atomic E-state index is 12.0. The number of amides is 1. The van der Waals surface area contributed by atoms with Crippen molar-refractivity contribution in [1.29, 1.82) is 5.26 Å². The molecule has 1 saturated heterocycles. The molecule has 0 aromatic carbocycles. The van der Waals surface area contributed by atoms with Crippen molar-refractivity contribution in [2.45, 2.75) is 56.9 Å². The molecule has 19 heavy (non-hydrogen) atoms. The summed E-state index contributed by atoms with van der Waals surface area (Å²) >= 11 is 0. The van der Waals surface area contributed by atoms with Crippen LogP contribution in [0, 0.1) is 17.2 Å². The van der Waals surface area contributed by atoms with Crippen molar-refractivity contribution in [3.63, 3.8) is 0 Å². The Kier molecular flexibility index (Phi) is 4.81. The van der Waals surface area contributed by atoms with Gasteiger partial charge in [0.1, 0.15) is 5.54 Å². The number of hydrogen-bond acceptors (Lipinski definition) is 3. The van der Waals surface area contributed by atoms with Crippen LogP contribution >= 0.6 is 0 Å². The first-order chi connectivity index (χ1) is 9.13. The van der Waals surface area contributed by atoms with Crippen LogP contribution in [0.5, 0.6) is 0 Å². The van der Waals surface area contributed by atoms with Gasteiger partial charge in [-0.3, -0.25) is 4.79 Å². The first-order valence-electron chi connectivity index (χ1n) is 7.54. The summed E-state index contributed by atoms with van der Waals surface area (Å²) in [5.74, 6) is 0.805. The molecule has 0 unspecified atom stereocenters. The monoisotopic (exact) mass is 263 g/mol. The Hall–Kier alpha value is -1.08. The van der Waals surface area contributed by atoms with E-state index < -0.39 is 5.54 Å². The summed E-state index contributed by atoms with van der Waals surface area (Å²) < 4.78 is 0. The van der Waals surface area contributed by atoms with E-state index in [1.54, 1.807) is 0 Å². The number of nitriles is 1. The summed E-state index contributed by atoms with van der Waals surface area (Å²) in [6, 6.07) is 2.34. The second-order valence-electron chi connectivity index (χ2n) is 6.23. The number of carbonyl (C=O) groups is 1. The van der Waals surface area contributed by atoms with Gasteiger partial charge in [-0.2, -0.15) is 5.26 Å². The molecule has 106 valence electrons. The molecule has 0 aromatic rings. The predicted octanol–water partition coefficient (Wildman–Crippen LogP) is 2.06. The van der Waals surface area contributed by atoms with Gasteiger partial charge in [0.05, 0.1) is 6.07 Å². The number of likely N-dealkylation sites (tertiary alicyclic amines) is 1. The second kappa shape index (κ2) is 6.38. The fraction of sp³-hybridized carbons (Fsp3) is 0.867. The van der Waals surface area contributed by atoms with Gasteiger partial charge < -0.3 is 10.2 Å². The lowest BCUT2D eigenvalue weighted by Crippen LogP contribution is -2.53. The van der Waals surface area contributed by atoms with Gasteiger partial charge in [0.15, 0.2) is 0 Å². The Labute approximate surface area is 116 Å². The van der Waals surface area contributed by atoms with E-state index in [-0.39, 0.29) is 5.91 Å². The highest BCUT2D eigenvalue weighted by molar-refractivity contribution is 5.77. The standard InChI is InChI=1S/C15H25N3O/c1-18-10-8-15(12-16,9-11-18)17-14(19)7-6-13-4-2-3-5-13/h13H,2-11H2,1H3,(H,17,19). The summed E-state index contributed by atoms with van der Waals surface area (Å²) in [6.07, 6.45) is 8.27. The zero-order valence-electron chi connectivity index (χ0n) is 12.0. The number of nitrogens with one attached hydrogen (secondary N) is 1. The third-order valence-electron chi connectivity index (χ3n) is 4.69. The fourth-order valence-corrected chi connectivity index (χ4v) is 3.23. The topological polar surface area (TPSA) is 56.1 Å². The molecule has 4 nitrogen and oxygen atoms in total. The van der Waals surface area contributed by atoms with Gasteiger partial charge in [-0.15, -0.1) is 0 Å². The Morgan fingerprint density at radius 1 is 1.37 bits per heavy atom. The molecular formula is C15H25N3O. The maximum absolute atomic E-state index is 12.0.